The highest BCUT2D eigenvalue weighted by molar-refractivity contribution is 5.98. The van der Waals surface area contributed by atoms with Crippen LogP contribution in [0.25, 0.3) is 27.2 Å². The number of halogens is 1. The number of nitrogens with zero attached hydrogens (tertiary/aromatic N) is 2. The zero-order chi connectivity index (χ0) is 17.2. The first-order chi connectivity index (χ1) is 11.4. The van der Waals surface area contributed by atoms with Crippen LogP contribution in [-0.2, 0) is 7.05 Å². The summed E-state index contributed by atoms with van der Waals surface area (Å²) in [4.78, 5) is 49.2. The van der Waals surface area contributed by atoms with Crippen molar-refractivity contribution in [1.82, 2.24) is 9.13 Å². The van der Waals surface area contributed by atoms with Gasteiger partial charge in [-0.1, -0.05) is 0 Å². The van der Waals surface area contributed by atoms with Crippen LogP contribution in [0.3, 0.4) is 0 Å². The molecule has 0 aliphatic heterocycles. The molecule has 0 unspecified atom stereocenters. The standard InChI is InChI=1S/C17H9FN2O4/c1-19-14(21)10-6-12-13(7-11(10)15(19)22)17(24)20(16(12)23)9-4-2-8(18)3-5-9/h2-7H,1H3. The fourth-order valence-corrected chi connectivity index (χ4v) is 2.92. The van der Waals surface area contributed by atoms with E-state index in [-0.39, 0.29) is 27.2 Å². The summed E-state index contributed by atoms with van der Waals surface area (Å²) in [6.07, 6.45) is 0. The molecule has 0 saturated carbocycles. The number of aromatic nitrogens is 2. The lowest BCUT2D eigenvalue weighted by atomic mass is 10.1. The van der Waals surface area contributed by atoms with E-state index in [9.17, 15) is 23.6 Å². The molecule has 2 aromatic heterocycles. The van der Waals surface area contributed by atoms with E-state index in [1.807, 2.05) is 0 Å². The van der Waals surface area contributed by atoms with E-state index < -0.39 is 28.1 Å². The first-order valence-corrected chi connectivity index (χ1v) is 7.05. The summed E-state index contributed by atoms with van der Waals surface area (Å²) < 4.78 is 14.9. The van der Waals surface area contributed by atoms with Gasteiger partial charge in [0, 0.05) is 7.05 Å². The Balaban J connectivity index is 2.18. The van der Waals surface area contributed by atoms with E-state index in [0.717, 1.165) is 21.3 Å². The topological polar surface area (TPSA) is 78.1 Å². The lowest BCUT2D eigenvalue weighted by Crippen LogP contribution is -2.23. The van der Waals surface area contributed by atoms with Crippen LogP contribution in [-0.4, -0.2) is 9.13 Å². The predicted octanol–water partition coefficient (Wildman–Crippen LogP) is 0.578. The lowest BCUT2D eigenvalue weighted by Gasteiger charge is -1.98. The number of hydrogen-bond donors (Lipinski definition) is 0. The Morgan fingerprint density at radius 1 is 0.708 bits per heavy atom. The van der Waals surface area contributed by atoms with Gasteiger partial charge in [0.1, 0.15) is 5.82 Å². The molecule has 0 bridgehead atoms. The van der Waals surface area contributed by atoms with Crippen LogP contribution in [0, 0.1) is 5.82 Å². The van der Waals surface area contributed by atoms with Crippen molar-refractivity contribution >= 4 is 21.5 Å². The molecule has 4 rings (SSSR count). The second-order valence-corrected chi connectivity index (χ2v) is 5.53. The summed E-state index contributed by atoms with van der Waals surface area (Å²) in [5.41, 5.74) is -2.03. The smallest absolute Gasteiger partial charge is 0.266 e. The van der Waals surface area contributed by atoms with Gasteiger partial charge in [-0.05, 0) is 36.4 Å². The summed E-state index contributed by atoms with van der Waals surface area (Å²) in [5.74, 6) is -0.492. The van der Waals surface area contributed by atoms with Gasteiger partial charge in [0.05, 0.1) is 27.2 Å². The van der Waals surface area contributed by atoms with Crippen molar-refractivity contribution in [2.45, 2.75) is 0 Å². The van der Waals surface area contributed by atoms with Crippen molar-refractivity contribution in [2.75, 3.05) is 0 Å². The van der Waals surface area contributed by atoms with Gasteiger partial charge in [0.15, 0.2) is 0 Å². The van der Waals surface area contributed by atoms with Gasteiger partial charge < -0.3 is 0 Å². The van der Waals surface area contributed by atoms with Crippen molar-refractivity contribution in [1.29, 1.82) is 0 Å². The van der Waals surface area contributed by atoms with E-state index in [2.05, 4.69) is 0 Å². The third-order valence-electron chi connectivity index (χ3n) is 4.18. The minimum absolute atomic E-state index is 0.0551. The molecule has 0 spiro atoms. The molecular formula is C17H9FN2O4. The zero-order valence-electron chi connectivity index (χ0n) is 12.4. The Kier molecular flexibility index (Phi) is 2.72. The largest absolute Gasteiger partial charge is 0.277 e. The first kappa shape index (κ1) is 14.3. The second-order valence-electron chi connectivity index (χ2n) is 5.53. The monoisotopic (exact) mass is 324 g/mol. The number of rotatable bonds is 1. The van der Waals surface area contributed by atoms with Crippen LogP contribution >= 0.6 is 0 Å². The maximum absolute atomic E-state index is 13.0. The molecule has 7 heteroatoms. The Morgan fingerprint density at radius 3 is 1.58 bits per heavy atom. The molecule has 2 heterocycles. The highest BCUT2D eigenvalue weighted by atomic mass is 19.1. The van der Waals surface area contributed by atoms with E-state index in [1.165, 1.54) is 31.3 Å². The molecule has 0 aliphatic rings. The van der Waals surface area contributed by atoms with Crippen LogP contribution in [0.4, 0.5) is 4.39 Å². The van der Waals surface area contributed by atoms with Gasteiger partial charge in [-0.3, -0.25) is 23.7 Å². The lowest BCUT2D eigenvalue weighted by molar-refractivity contribution is 0.627. The normalized spacial score (nSPS) is 11.6. The van der Waals surface area contributed by atoms with Gasteiger partial charge >= 0.3 is 0 Å². The summed E-state index contributed by atoms with van der Waals surface area (Å²) in [6, 6.07) is 7.46. The summed E-state index contributed by atoms with van der Waals surface area (Å²) in [6.45, 7) is 0. The van der Waals surface area contributed by atoms with Crippen LogP contribution in [0.15, 0.2) is 55.6 Å². The third kappa shape index (κ3) is 1.69. The third-order valence-corrected chi connectivity index (χ3v) is 4.18. The van der Waals surface area contributed by atoms with Gasteiger partial charge in [-0.15, -0.1) is 0 Å². The Morgan fingerprint density at radius 2 is 1.12 bits per heavy atom. The molecule has 118 valence electrons. The molecular weight excluding hydrogens is 315 g/mol. The first-order valence-electron chi connectivity index (χ1n) is 7.05. The minimum Gasteiger partial charge on any atom is -0.277 e. The average molecular weight is 324 g/mol. The van der Waals surface area contributed by atoms with Gasteiger partial charge in [-0.25, -0.2) is 8.96 Å². The van der Waals surface area contributed by atoms with E-state index >= 15 is 0 Å². The van der Waals surface area contributed by atoms with Crippen LogP contribution < -0.4 is 22.2 Å². The maximum atomic E-state index is 13.0. The van der Waals surface area contributed by atoms with Gasteiger partial charge in [0.2, 0.25) is 0 Å². The van der Waals surface area contributed by atoms with Crippen molar-refractivity contribution < 1.29 is 4.39 Å². The second kappa shape index (κ2) is 4.58. The highest BCUT2D eigenvalue weighted by Crippen LogP contribution is 2.16. The molecule has 0 radical (unpaired) electrons. The quantitative estimate of drug-likeness (QED) is 0.513. The highest BCUT2D eigenvalue weighted by Gasteiger charge is 2.19. The Bertz CT molecular complexity index is 1260. The molecule has 0 N–H and O–H groups in total. The summed E-state index contributed by atoms with van der Waals surface area (Å²) in [7, 11) is 1.34. The molecule has 4 aromatic rings. The molecule has 6 nitrogen and oxygen atoms in total. The number of hydrogen-bond acceptors (Lipinski definition) is 4. The fourth-order valence-electron chi connectivity index (χ4n) is 2.92. The van der Waals surface area contributed by atoms with Crippen molar-refractivity contribution in [3.63, 3.8) is 0 Å². The summed E-state index contributed by atoms with van der Waals surface area (Å²) in [5, 5.41) is 0.311. The van der Waals surface area contributed by atoms with E-state index in [0.29, 0.717) is 0 Å². The van der Waals surface area contributed by atoms with Crippen LogP contribution in [0.2, 0.25) is 0 Å². The molecule has 24 heavy (non-hydrogen) atoms. The van der Waals surface area contributed by atoms with Crippen LogP contribution in [0.1, 0.15) is 0 Å². The minimum atomic E-state index is -0.612. The molecule has 0 atom stereocenters. The molecule has 0 fully saturated rings. The van der Waals surface area contributed by atoms with Crippen molar-refractivity contribution in [3.05, 3.63) is 83.6 Å². The van der Waals surface area contributed by atoms with Crippen molar-refractivity contribution in [2.24, 2.45) is 7.05 Å². The van der Waals surface area contributed by atoms with Gasteiger partial charge in [-0.2, -0.15) is 0 Å². The average Bonchev–Trinajstić information content (AvgIpc) is 2.94. The Labute approximate surface area is 132 Å². The summed E-state index contributed by atoms with van der Waals surface area (Å²) >= 11 is 0. The SMILES string of the molecule is Cn1c(=O)c2cc3c(=O)n(-c4ccc(F)cc4)c(=O)c3cc2c1=O. The van der Waals surface area contributed by atoms with E-state index in [1.54, 1.807) is 0 Å². The molecule has 0 amide bonds. The van der Waals surface area contributed by atoms with Crippen LogP contribution in [0.5, 0.6) is 0 Å². The van der Waals surface area contributed by atoms with Crippen molar-refractivity contribution in [3.8, 4) is 5.69 Å². The maximum Gasteiger partial charge on any atom is 0.266 e. The predicted molar refractivity (Wildman–Crippen MR) is 87.2 cm³/mol. The number of fused-ring (bicyclic) bond motifs is 2. The Hall–Kier alpha value is -3.35. The van der Waals surface area contributed by atoms with E-state index in [4.69, 9.17) is 0 Å². The fraction of sp³-hybridized carbons (Fsp3) is 0.0588. The zero-order valence-corrected chi connectivity index (χ0v) is 12.4. The van der Waals surface area contributed by atoms with Gasteiger partial charge in [0.25, 0.3) is 22.2 Å². The molecule has 0 saturated heterocycles. The number of benzene rings is 2. The molecule has 2 aromatic carbocycles. The molecule has 0 aliphatic carbocycles.